The quantitative estimate of drug-likeness (QED) is 0.844. The van der Waals surface area contributed by atoms with Crippen LogP contribution in [0.4, 0.5) is 0 Å². The summed E-state index contributed by atoms with van der Waals surface area (Å²) in [5.41, 5.74) is 2.84. The van der Waals surface area contributed by atoms with Gasteiger partial charge in [0.15, 0.2) is 6.10 Å². The summed E-state index contributed by atoms with van der Waals surface area (Å²) in [6.07, 6.45) is -0.617. The number of carbonyl (C=O) groups excluding carboxylic acids is 1. The molecule has 2 aromatic rings. The lowest BCUT2D eigenvalue weighted by Gasteiger charge is -2.17. The Morgan fingerprint density at radius 1 is 1.16 bits per heavy atom. The molecule has 0 bridgehead atoms. The van der Waals surface area contributed by atoms with E-state index in [4.69, 9.17) is 10.00 Å². The molecule has 130 valence electrons. The van der Waals surface area contributed by atoms with Crippen LogP contribution in [0.5, 0.6) is 5.75 Å². The van der Waals surface area contributed by atoms with E-state index in [1.807, 2.05) is 38.4 Å². The molecule has 0 unspecified atom stereocenters. The zero-order valence-corrected chi connectivity index (χ0v) is 14.8. The number of nitrogens with zero attached hydrogens (tertiary/aromatic N) is 2. The van der Waals surface area contributed by atoms with Gasteiger partial charge in [-0.25, -0.2) is 0 Å². The number of amides is 1. The van der Waals surface area contributed by atoms with Crippen LogP contribution in [0.3, 0.4) is 0 Å². The monoisotopic (exact) mass is 337 g/mol. The zero-order chi connectivity index (χ0) is 18.2. The van der Waals surface area contributed by atoms with Gasteiger partial charge in [-0.2, -0.15) is 5.26 Å². The molecule has 25 heavy (non-hydrogen) atoms. The lowest BCUT2D eigenvalue weighted by atomic mass is 10.1. The molecule has 1 atom stereocenters. The van der Waals surface area contributed by atoms with Crippen molar-refractivity contribution in [1.82, 2.24) is 10.2 Å². The summed E-state index contributed by atoms with van der Waals surface area (Å²) in [4.78, 5) is 14.4. The highest BCUT2D eigenvalue weighted by molar-refractivity contribution is 5.80. The highest BCUT2D eigenvalue weighted by Crippen LogP contribution is 2.14. The normalized spacial score (nSPS) is 11.6. The minimum atomic E-state index is -0.617. The van der Waals surface area contributed by atoms with Crippen molar-refractivity contribution >= 4 is 5.91 Å². The first kappa shape index (κ1) is 18.5. The minimum absolute atomic E-state index is 0.177. The van der Waals surface area contributed by atoms with Gasteiger partial charge in [0.25, 0.3) is 5.91 Å². The average Bonchev–Trinajstić information content (AvgIpc) is 2.60. The lowest BCUT2D eigenvalue weighted by Crippen LogP contribution is -2.36. The molecule has 0 fully saturated rings. The smallest absolute Gasteiger partial charge is 0.261 e. The van der Waals surface area contributed by atoms with E-state index in [-0.39, 0.29) is 5.91 Å². The third kappa shape index (κ3) is 5.63. The second kappa shape index (κ2) is 8.86. The van der Waals surface area contributed by atoms with Crippen molar-refractivity contribution in [3.05, 3.63) is 65.2 Å². The molecule has 5 nitrogen and oxygen atoms in total. The van der Waals surface area contributed by atoms with Crippen LogP contribution in [0.1, 0.15) is 23.6 Å². The average molecular weight is 337 g/mol. The van der Waals surface area contributed by atoms with Crippen LogP contribution < -0.4 is 10.1 Å². The van der Waals surface area contributed by atoms with Crippen molar-refractivity contribution in [1.29, 1.82) is 5.26 Å². The van der Waals surface area contributed by atoms with Crippen LogP contribution in [-0.2, 0) is 17.9 Å². The van der Waals surface area contributed by atoms with Gasteiger partial charge >= 0.3 is 0 Å². The summed E-state index contributed by atoms with van der Waals surface area (Å²) in [6, 6.07) is 16.8. The Kier molecular flexibility index (Phi) is 6.55. The summed E-state index contributed by atoms with van der Waals surface area (Å²) in [5, 5.41) is 11.7. The topological polar surface area (TPSA) is 65.4 Å². The Bertz CT molecular complexity index is 748. The molecule has 2 rings (SSSR count). The number of nitriles is 1. The molecule has 5 heteroatoms. The summed E-state index contributed by atoms with van der Waals surface area (Å²) in [5.74, 6) is 0.388. The molecule has 1 N–H and O–H groups in total. The van der Waals surface area contributed by atoms with E-state index in [0.717, 1.165) is 12.1 Å². The Morgan fingerprint density at radius 3 is 2.40 bits per heavy atom. The first-order valence-electron chi connectivity index (χ1n) is 8.15. The molecule has 0 saturated carbocycles. The van der Waals surface area contributed by atoms with Crippen LogP contribution in [0.2, 0.25) is 0 Å². The van der Waals surface area contributed by atoms with Gasteiger partial charge in [-0.3, -0.25) is 4.79 Å². The fourth-order valence-corrected chi connectivity index (χ4v) is 2.42. The molecule has 0 saturated heterocycles. The molecular formula is C20H23N3O2. The van der Waals surface area contributed by atoms with Crippen molar-refractivity contribution < 1.29 is 9.53 Å². The Morgan fingerprint density at radius 2 is 1.80 bits per heavy atom. The van der Waals surface area contributed by atoms with Gasteiger partial charge in [0.2, 0.25) is 0 Å². The van der Waals surface area contributed by atoms with Crippen molar-refractivity contribution in [2.45, 2.75) is 26.1 Å². The van der Waals surface area contributed by atoms with Gasteiger partial charge in [0.1, 0.15) is 5.75 Å². The van der Waals surface area contributed by atoms with E-state index in [9.17, 15) is 4.79 Å². The minimum Gasteiger partial charge on any atom is -0.481 e. The Labute approximate surface area is 148 Å². The molecule has 0 spiro atoms. The summed E-state index contributed by atoms with van der Waals surface area (Å²) in [7, 11) is 4.03. The predicted molar refractivity (Wildman–Crippen MR) is 96.9 cm³/mol. The second-order valence-corrected chi connectivity index (χ2v) is 6.12. The molecular weight excluding hydrogens is 314 g/mol. The highest BCUT2D eigenvalue weighted by atomic mass is 16.5. The molecule has 0 aliphatic rings. The van der Waals surface area contributed by atoms with Crippen molar-refractivity contribution in [2.75, 3.05) is 14.1 Å². The summed E-state index contributed by atoms with van der Waals surface area (Å²) in [6.45, 7) is 2.99. The van der Waals surface area contributed by atoms with E-state index < -0.39 is 6.10 Å². The number of rotatable bonds is 7. The third-order valence-corrected chi connectivity index (χ3v) is 3.72. The number of hydrogen-bond acceptors (Lipinski definition) is 4. The van der Waals surface area contributed by atoms with Crippen LogP contribution in [-0.4, -0.2) is 31.0 Å². The molecule has 0 heterocycles. The molecule has 1 amide bonds. The summed E-state index contributed by atoms with van der Waals surface area (Å²) >= 11 is 0. The fraction of sp³-hybridized carbons (Fsp3) is 0.300. The largest absolute Gasteiger partial charge is 0.481 e. The molecule has 0 radical (unpaired) electrons. The predicted octanol–water partition coefficient (Wildman–Crippen LogP) is 2.70. The molecule has 0 aliphatic carbocycles. The van der Waals surface area contributed by atoms with Crippen LogP contribution in [0, 0.1) is 11.3 Å². The molecule has 0 aliphatic heterocycles. The molecule has 0 aromatic heterocycles. The third-order valence-electron chi connectivity index (χ3n) is 3.72. The Hall–Kier alpha value is -2.84. The van der Waals surface area contributed by atoms with Crippen molar-refractivity contribution in [3.63, 3.8) is 0 Å². The van der Waals surface area contributed by atoms with Crippen molar-refractivity contribution in [2.24, 2.45) is 0 Å². The van der Waals surface area contributed by atoms with Gasteiger partial charge in [-0.15, -0.1) is 0 Å². The lowest BCUT2D eigenvalue weighted by molar-refractivity contribution is -0.127. The zero-order valence-electron chi connectivity index (χ0n) is 14.8. The maximum atomic E-state index is 12.3. The number of benzene rings is 2. The number of nitrogens with one attached hydrogen (secondary N) is 1. The van der Waals surface area contributed by atoms with Crippen molar-refractivity contribution in [3.8, 4) is 11.8 Å². The maximum Gasteiger partial charge on any atom is 0.261 e. The van der Waals surface area contributed by atoms with Gasteiger partial charge in [0, 0.05) is 13.1 Å². The second-order valence-electron chi connectivity index (χ2n) is 6.12. The van der Waals surface area contributed by atoms with Gasteiger partial charge in [0.05, 0.1) is 11.6 Å². The first-order valence-corrected chi connectivity index (χ1v) is 8.15. The van der Waals surface area contributed by atoms with E-state index in [1.54, 1.807) is 31.2 Å². The SMILES string of the molecule is C[C@H](Oc1ccc(C#N)cc1)C(=O)NCc1ccccc1CN(C)C. The maximum absolute atomic E-state index is 12.3. The van der Waals surface area contributed by atoms with Gasteiger partial charge < -0.3 is 15.0 Å². The standard InChI is InChI=1S/C20H23N3O2/c1-15(25-19-10-8-16(12-21)9-11-19)20(24)22-13-17-6-4-5-7-18(17)14-23(2)3/h4-11,15H,13-14H2,1-3H3,(H,22,24)/t15-/m0/s1. The Balaban J connectivity index is 1.92. The van der Waals surface area contributed by atoms with Crippen LogP contribution in [0.15, 0.2) is 48.5 Å². The van der Waals surface area contributed by atoms with Gasteiger partial charge in [-0.05, 0) is 56.4 Å². The highest BCUT2D eigenvalue weighted by Gasteiger charge is 2.15. The van der Waals surface area contributed by atoms with E-state index in [0.29, 0.717) is 17.9 Å². The fourth-order valence-electron chi connectivity index (χ4n) is 2.42. The van der Waals surface area contributed by atoms with E-state index in [2.05, 4.69) is 16.3 Å². The summed E-state index contributed by atoms with van der Waals surface area (Å²) < 4.78 is 5.63. The first-order chi connectivity index (χ1) is 12.0. The van der Waals surface area contributed by atoms with Gasteiger partial charge in [-0.1, -0.05) is 24.3 Å². The number of carbonyl (C=O) groups is 1. The number of hydrogen-bond donors (Lipinski definition) is 1. The molecule has 2 aromatic carbocycles. The van der Waals surface area contributed by atoms with Crippen LogP contribution >= 0.6 is 0 Å². The van der Waals surface area contributed by atoms with E-state index >= 15 is 0 Å². The van der Waals surface area contributed by atoms with Crippen LogP contribution in [0.25, 0.3) is 0 Å². The number of ether oxygens (including phenoxy) is 1. The van der Waals surface area contributed by atoms with E-state index in [1.165, 1.54) is 5.56 Å².